The number of aliphatic hydroxyl groups is 1. The minimum Gasteiger partial charge on any atom is -0.387 e. The van der Waals surface area contributed by atoms with E-state index >= 15 is 0 Å². The highest BCUT2D eigenvalue weighted by Gasteiger charge is 2.53. The number of carbonyl (C=O) groups is 1. The molecule has 0 radical (unpaired) electrons. The summed E-state index contributed by atoms with van der Waals surface area (Å²) in [6.45, 7) is 4.73. The number of aromatic amines is 1. The monoisotopic (exact) mass is 283 g/mol. The number of carbonyl (C=O) groups excluding carboxylic acids is 1. The summed E-state index contributed by atoms with van der Waals surface area (Å²) in [6, 6.07) is 0. The highest BCUT2D eigenvalue weighted by molar-refractivity contribution is 6.34. The van der Waals surface area contributed by atoms with Crippen molar-refractivity contribution in [3.8, 4) is 0 Å². The number of rotatable bonds is 2. The van der Waals surface area contributed by atoms with Crippen molar-refractivity contribution in [2.45, 2.75) is 32.3 Å². The lowest BCUT2D eigenvalue weighted by Gasteiger charge is -2.26. The first kappa shape index (κ1) is 12.9. The fourth-order valence-electron chi connectivity index (χ4n) is 2.99. The van der Waals surface area contributed by atoms with E-state index in [1.807, 2.05) is 6.92 Å². The van der Waals surface area contributed by atoms with Crippen LogP contribution >= 0.6 is 11.6 Å². The van der Waals surface area contributed by atoms with Gasteiger partial charge in [0.15, 0.2) is 5.69 Å². The Bertz CT molecular complexity index is 526. The van der Waals surface area contributed by atoms with Crippen molar-refractivity contribution in [2.75, 3.05) is 13.1 Å². The van der Waals surface area contributed by atoms with E-state index in [1.165, 1.54) is 0 Å². The number of halogens is 1. The molecule has 5 nitrogen and oxygen atoms in total. The molecule has 2 atom stereocenters. The van der Waals surface area contributed by atoms with E-state index in [0.717, 1.165) is 12.8 Å². The van der Waals surface area contributed by atoms with E-state index in [4.69, 9.17) is 11.6 Å². The van der Waals surface area contributed by atoms with Gasteiger partial charge in [0.25, 0.3) is 5.91 Å². The molecule has 2 aliphatic rings. The summed E-state index contributed by atoms with van der Waals surface area (Å²) in [5.41, 5.74) is 0.217. The fraction of sp³-hybridized carbons (Fsp3) is 0.692. The van der Waals surface area contributed by atoms with Gasteiger partial charge in [-0.05, 0) is 25.7 Å². The zero-order chi connectivity index (χ0) is 13.8. The maximum atomic E-state index is 12.4. The average molecular weight is 284 g/mol. The van der Waals surface area contributed by atoms with Gasteiger partial charge in [-0.1, -0.05) is 18.5 Å². The van der Waals surface area contributed by atoms with Gasteiger partial charge < -0.3 is 10.0 Å². The summed E-state index contributed by atoms with van der Waals surface area (Å²) in [6.07, 6.45) is 2.12. The largest absolute Gasteiger partial charge is 0.387 e. The van der Waals surface area contributed by atoms with Gasteiger partial charge in [-0.25, -0.2) is 0 Å². The number of aryl methyl sites for hydroxylation is 1. The number of hydrogen-bond acceptors (Lipinski definition) is 3. The number of H-pyrrole nitrogens is 1. The number of aromatic nitrogens is 2. The molecule has 3 rings (SSSR count). The lowest BCUT2D eigenvalue weighted by atomic mass is 9.88. The molecule has 1 saturated heterocycles. The molecule has 1 amide bonds. The number of likely N-dealkylation sites (tertiary alicyclic amines) is 1. The van der Waals surface area contributed by atoms with Crippen LogP contribution in [0.4, 0.5) is 0 Å². The first-order valence-corrected chi connectivity index (χ1v) is 7.03. The number of β-amino-alcohol motifs (C(OH)–C–C–N with tert-alkyl or cyclic N) is 1. The van der Waals surface area contributed by atoms with Crippen molar-refractivity contribution in [3.05, 3.63) is 16.4 Å². The van der Waals surface area contributed by atoms with Crippen LogP contribution in [0, 0.1) is 18.8 Å². The van der Waals surface area contributed by atoms with E-state index in [9.17, 15) is 9.90 Å². The minimum atomic E-state index is -0.729. The first-order chi connectivity index (χ1) is 8.93. The Morgan fingerprint density at radius 2 is 2.26 bits per heavy atom. The van der Waals surface area contributed by atoms with E-state index < -0.39 is 5.60 Å². The van der Waals surface area contributed by atoms with Crippen LogP contribution < -0.4 is 0 Å². The molecule has 2 N–H and O–H groups in total. The Kier molecular flexibility index (Phi) is 2.87. The van der Waals surface area contributed by atoms with Crippen LogP contribution in [0.2, 0.25) is 5.02 Å². The van der Waals surface area contributed by atoms with Crippen molar-refractivity contribution in [3.63, 3.8) is 0 Å². The Hall–Kier alpha value is -1.07. The van der Waals surface area contributed by atoms with Crippen molar-refractivity contribution in [1.82, 2.24) is 15.1 Å². The second-order valence-electron chi connectivity index (χ2n) is 5.86. The maximum Gasteiger partial charge on any atom is 0.276 e. The number of nitrogens with one attached hydrogen (secondary N) is 1. The van der Waals surface area contributed by atoms with Crippen LogP contribution in [0.25, 0.3) is 0 Å². The lowest BCUT2D eigenvalue weighted by molar-refractivity contribution is -0.00367. The third kappa shape index (κ3) is 1.96. The summed E-state index contributed by atoms with van der Waals surface area (Å²) >= 11 is 6.06. The molecule has 0 aromatic carbocycles. The Labute approximate surface area is 116 Å². The fourth-order valence-corrected chi connectivity index (χ4v) is 3.16. The van der Waals surface area contributed by atoms with Crippen LogP contribution in [0.15, 0.2) is 0 Å². The maximum absolute atomic E-state index is 12.4. The zero-order valence-corrected chi connectivity index (χ0v) is 11.9. The first-order valence-electron chi connectivity index (χ1n) is 6.65. The molecule has 1 aliphatic carbocycles. The molecule has 104 valence electrons. The Morgan fingerprint density at radius 1 is 1.58 bits per heavy atom. The van der Waals surface area contributed by atoms with Gasteiger partial charge in [-0.15, -0.1) is 0 Å². The van der Waals surface area contributed by atoms with Gasteiger partial charge in [0, 0.05) is 12.5 Å². The van der Waals surface area contributed by atoms with Crippen molar-refractivity contribution in [2.24, 2.45) is 11.8 Å². The average Bonchev–Trinajstić information content (AvgIpc) is 3.11. The van der Waals surface area contributed by atoms with Gasteiger partial charge in [-0.3, -0.25) is 9.89 Å². The molecule has 2 fully saturated rings. The van der Waals surface area contributed by atoms with Crippen LogP contribution in [-0.4, -0.2) is 44.8 Å². The van der Waals surface area contributed by atoms with Crippen LogP contribution in [-0.2, 0) is 0 Å². The molecule has 2 heterocycles. The van der Waals surface area contributed by atoms with Crippen molar-refractivity contribution in [1.29, 1.82) is 0 Å². The molecule has 6 heteroatoms. The number of amides is 1. The second kappa shape index (κ2) is 4.21. The predicted molar refractivity (Wildman–Crippen MR) is 71.1 cm³/mol. The van der Waals surface area contributed by atoms with E-state index in [2.05, 4.69) is 10.2 Å². The van der Waals surface area contributed by atoms with Crippen molar-refractivity contribution < 1.29 is 9.90 Å². The molecule has 1 saturated carbocycles. The summed E-state index contributed by atoms with van der Waals surface area (Å²) in [4.78, 5) is 14.1. The Balaban J connectivity index is 1.81. The summed E-state index contributed by atoms with van der Waals surface area (Å²) < 4.78 is 0. The topological polar surface area (TPSA) is 69.2 Å². The number of nitrogens with zero attached hydrogens (tertiary/aromatic N) is 2. The SMILES string of the molecule is Cc1[nH]nc(C(=O)N2C[C@@H](C)[C@](O)(C3CC3)C2)c1Cl. The molecule has 0 spiro atoms. The third-order valence-corrected chi connectivity index (χ3v) is 4.90. The number of hydrogen-bond donors (Lipinski definition) is 2. The van der Waals surface area contributed by atoms with Gasteiger partial charge >= 0.3 is 0 Å². The van der Waals surface area contributed by atoms with Crippen LogP contribution in [0.3, 0.4) is 0 Å². The van der Waals surface area contributed by atoms with Crippen molar-refractivity contribution >= 4 is 17.5 Å². The van der Waals surface area contributed by atoms with E-state index in [0.29, 0.717) is 29.7 Å². The molecule has 0 bridgehead atoms. The highest BCUT2D eigenvalue weighted by Crippen LogP contribution is 2.47. The standard InChI is InChI=1S/C13H18ClN3O2/c1-7-5-17(6-13(7,19)9-3-4-9)12(18)11-10(14)8(2)15-16-11/h7,9,19H,3-6H2,1-2H3,(H,15,16)/t7-,13+/m1/s1. The molecule has 19 heavy (non-hydrogen) atoms. The van der Waals surface area contributed by atoms with Crippen LogP contribution in [0.5, 0.6) is 0 Å². The quantitative estimate of drug-likeness (QED) is 0.866. The third-order valence-electron chi connectivity index (χ3n) is 4.44. The van der Waals surface area contributed by atoms with Gasteiger partial charge in [0.05, 0.1) is 22.9 Å². The molecular formula is C13H18ClN3O2. The second-order valence-corrected chi connectivity index (χ2v) is 6.24. The molecular weight excluding hydrogens is 266 g/mol. The van der Waals surface area contributed by atoms with Gasteiger partial charge in [0.1, 0.15) is 0 Å². The molecule has 1 aromatic heterocycles. The Morgan fingerprint density at radius 3 is 2.79 bits per heavy atom. The molecule has 1 aromatic rings. The summed E-state index contributed by atoms with van der Waals surface area (Å²) in [5.74, 6) is 0.247. The lowest BCUT2D eigenvalue weighted by Crippen LogP contribution is -2.40. The van der Waals surface area contributed by atoms with E-state index in [-0.39, 0.29) is 17.5 Å². The van der Waals surface area contributed by atoms with Gasteiger partial charge in [-0.2, -0.15) is 5.10 Å². The predicted octanol–water partition coefficient (Wildman–Crippen LogP) is 1.60. The molecule has 0 unspecified atom stereocenters. The highest BCUT2D eigenvalue weighted by atomic mass is 35.5. The summed E-state index contributed by atoms with van der Waals surface area (Å²) in [7, 11) is 0. The van der Waals surface area contributed by atoms with E-state index in [1.54, 1.807) is 11.8 Å². The van der Waals surface area contributed by atoms with Crippen LogP contribution in [0.1, 0.15) is 35.9 Å². The summed E-state index contributed by atoms with van der Waals surface area (Å²) in [5, 5.41) is 17.7. The molecule has 1 aliphatic heterocycles. The smallest absolute Gasteiger partial charge is 0.276 e. The zero-order valence-electron chi connectivity index (χ0n) is 11.1. The van der Waals surface area contributed by atoms with Gasteiger partial charge in [0.2, 0.25) is 0 Å². The normalized spacial score (nSPS) is 30.9. The minimum absolute atomic E-state index is 0.0998.